The molecule has 1 nitrogen and oxygen atoms in total. The van der Waals surface area contributed by atoms with Crippen molar-refractivity contribution in [3.05, 3.63) is 0 Å². The highest BCUT2D eigenvalue weighted by molar-refractivity contribution is 4.86. The minimum Gasteiger partial charge on any atom is -0.390 e. The van der Waals surface area contributed by atoms with Gasteiger partial charge in [-0.2, -0.15) is 13.2 Å². The first-order valence-electron chi connectivity index (χ1n) is 5.91. The molecule has 1 aliphatic carbocycles. The zero-order chi connectivity index (χ0) is 12.4. The van der Waals surface area contributed by atoms with Crippen molar-refractivity contribution in [2.75, 3.05) is 0 Å². The van der Waals surface area contributed by atoms with Gasteiger partial charge in [0.2, 0.25) is 0 Å². The highest BCUT2D eigenvalue weighted by Crippen LogP contribution is 2.41. The summed E-state index contributed by atoms with van der Waals surface area (Å²) >= 11 is 0. The summed E-state index contributed by atoms with van der Waals surface area (Å²) in [4.78, 5) is 0. The topological polar surface area (TPSA) is 20.2 Å². The van der Waals surface area contributed by atoms with Gasteiger partial charge in [0.1, 0.15) is 0 Å². The molecule has 96 valence electrons. The van der Waals surface area contributed by atoms with Crippen LogP contribution >= 0.6 is 0 Å². The quantitative estimate of drug-likeness (QED) is 0.719. The minimum atomic E-state index is -4.16. The van der Waals surface area contributed by atoms with E-state index < -0.39 is 18.2 Å². The number of hydrogen-bond donors (Lipinski definition) is 1. The molecule has 0 radical (unpaired) electrons. The van der Waals surface area contributed by atoms with Crippen molar-refractivity contribution in [3.8, 4) is 0 Å². The summed E-state index contributed by atoms with van der Waals surface area (Å²) in [5, 5.41) is 10.1. The molecule has 1 atom stereocenters. The van der Waals surface area contributed by atoms with Crippen LogP contribution in [-0.4, -0.2) is 16.9 Å². The minimum absolute atomic E-state index is 0.146. The van der Waals surface area contributed by atoms with Crippen molar-refractivity contribution in [2.24, 2.45) is 5.41 Å². The van der Waals surface area contributed by atoms with Crippen molar-refractivity contribution in [1.29, 1.82) is 0 Å². The second kappa shape index (κ2) is 4.55. The molecule has 0 aromatic rings. The molecule has 4 heteroatoms. The van der Waals surface area contributed by atoms with E-state index in [9.17, 15) is 18.3 Å². The van der Waals surface area contributed by atoms with Gasteiger partial charge in [0.15, 0.2) is 0 Å². The maximum absolute atomic E-state index is 12.1. The van der Waals surface area contributed by atoms with Crippen molar-refractivity contribution in [1.82, 2.24) is 0 Å². The summed E-state index contributed by atoms with van der Waals surface area (Å²) in [5.41, 5.74) is -0.938. The van der Waals surface area contributed by atoms with E-state index in [1.165, 1.54) is 0 Å². The normalized spacial score (nSPS) is 31.1. The predicted molar refractivity (Wildman–Crippen MR) is 57.1 cm³/mol. The van der Waals surface area contributed by atoms with Crippen LogP contribution in [-0.2, 0) is 0 Å². The molecule has 1 aliphatic rings. The highest BCUT2D eigenvalue weighted by atomic mass is 19.4. The molecule has 0 heterocycles. The van der Waals surface area contributed by atoms with E-state index in [1.54, 1.807) is 0 Å². The molecule has 0 aromatic carbocycles. The summed E-state index contributed by atoms with van der Waals surface area (Å²) in [5.74, 6) is 0. The molecule has 0 aromatic heterocycles. The third-order valence-corrected chi connectivity index (χ3v) is 3.64. The molecular weight excluding hydrogens is 217 g/mol. The maximum Gasteiger partial charge on any atom is 0.389 e. The van der Waals surface area contributed by atoms with E-state index in [0.717, 1.165) is 19.3 Å². The van der Waals surface area contributed by atoms with Gasteiger partial charge in [-0.15, -0.1) is 0 Å². The molecule has 0 saturated heterocycles. The summed E-state index contributed by atoms with van der Waals surface area (Å²) in [7, 11) is 0. The zero-order valence-electron chi connectivity index (χ0n) is 10.0. The van der Waals surface area contributed by atoms with Gasteiger partial charge in [-0.1, -0.05) is 20.3 Å². The molecule has 1 unspecified atom stereocenters. The lowest BCUT2D eigenvalue weighted by molar-refractivity contribution is -0.148. The Morgan fingerprint density at radius 3 is 2.25 bits per heavy atom. The van der Waals surface area contributed by atoms with Crippen LogP contribution in [0.1, 0.15) is 58.8 Å². The van der Waals surface area contributed by atoms with Crippen LogP contribution in [0.3, 0.4) is 0 Å². The van der Waals surface area contributed by atoms with Crippen molar-refractivity contribution >= 4 is 0 Å². The maximum atomic E-state index is 12.1. The van der Waals surface area contributed by atoms with Crippen LogP contribution in [0.5, 0.6) is 0 Å². The van der Waals surface area contributed by atoms with Crippen molar-refractivity contribution in [2.45, 2.75) is 70.6 Å². The third kappa shape index (κ3) is 4.73. The summed E-state index contributed by atoms with van der Waals surface area (Å²) in [6, 6.07) is 0. The molecule has 1 saturated carbocycles. The van der Waals surface area contributed by atoms with Gasteiger partial charge in [-0.3, -0.25) is 0 Å². The Balaban J connectivity index is 2.51. The van der Waals surface area contributed by atoms with Gasteiger partial charge in [-0.25, -0.2) is 0 Å². The van der Waals surface area contributed by atoms with Crippen LogP contribution in [0.4, 0.5) is 13.2 Å². The Hall–Kier alpha value is -0.250. The van der Waals surface area contributed by atoms with Crippen LogP contribution in [0.25, 0.3) is 0 Å². The van der Waals surface area contributed by atoms with Crippen LogP contribution in [0.2, 0.25) is 0 Å². The Bertz CT molecular complexity index is 235. The Kier molecular flexibility index (Phi) is 3.93. The summed E-state index contributed by atoms with van der Waals surface area (Å²) < 4.78 is 36.4. The van der Waals surface area contributed by atoms with E-state index in [-0.39, 0.29) is 11.8 Å². The first-order chi connectivity index (χ1) is 7.12. The van der Waals surface area contributed by atoms with E-state index in [0.29, 0.717) is 12.8 Å². The number of alkyl halides is 3. The third-order valence-electron chi connectivity index (χ3n) is 3.64. The molecule has 0 spiro atoms. The molecular formula is C12H21F3O. The lowest BCUT2D eigenvalue weighted by atomic mass is 9.83. The average molecular weight is 238 g/mol. The zero-order valence-corrected chi connectivity index (χ0v) is 10.0. The van der Waals surface area contributed by atoms with Crippen LogP contribution in [0.15, 0.2) is 0 Å². The number of hydrogen-bond acceptors (Lipinski definition) is 1. The summed E-state index contributed by atoms with van der Waals surface area (Å²) in [6.07, 6.45) is -1.55. The Morgan fingerprint density at radius 1 is 1.06 bits per heavy atom. The average Bonchev–Trinajstić information content (AvgIpc) is 2.23. The SMILES string of the molecule is CC1(C)CCCC(O)(CCC(F)(F)F)CC1. The molecule has 0 amide bonds. The van der Waals surface area contributed by atoms with E-state index in [4.69, 9.17) is 0 Å². The van der Waals surface area contributed by atoms with E-state index >= 15 is 0 Å². The molecule has 0 bridgehead atoms. The van der Waals surface area contributed by atoms with Gasteiger partial charge in [-0.05, 0) is 37.5 Å². The molecule has 16 heavy (non-hydrogen) atoms. The van der Waals surface area contributed by atoms with Gasteiger partial charge in [0, 0.05) is 6.42 Å². The van der Waals surface area contributed by atoms with Crippen molar-refractivity contribution < 1.29 is 18.3 Å². The fraction of sp³-hybridized carbons (Fsp3) is 1.00. The van der Waals surface area contributed by atoms with Crippen molar-refractivity contribution in [3.63, 3.8) is 0 Å². The van der Waals surface area contributed by atoms with Gasteiger partial charge in [0.05, 0.1) is 5.60 Å². The smallest absolute Gasteiger partial charge is 0.389 e. The second-order valence-corrected chi connectivity index (χ2v) is 5.86. The van der Waals surface area contributed by atoms with Crippen LogP contribution in [0, 0.1) is 5.41 Å². The number of rotatable bonds is 2. The fourth-order valence-corrected chi connectivity index (χ4v) is 2.34. The fourth-order valence-electron chi connectivity index (χ4n) is 2.34. The molecule has 1 N–H and O–H groups in total. The van der Waals surface area contributed by atoms with E-state index in [2.05, 4.69) is 13.8 Å². The first kappa shape index (κ1) is 13.8. The number of halogens is 3. The summed E-state index contributed by atoms with van der Waals surface area (Å²) in [6.45, 7) is 4.23. The Labute approximate surface area is 95.0 Å². The van der Waals surface area contributed by atoms with E-state index in [1.807, 2.05) is 0 Å². The van der Waals surface area contributed by atoms with Gasteiger partial charge < -0.3 is 5.11 Å². The standard InChI is InChI=1S/C12H21F3O/c1-10(2)4-3-5-11(16,7-6-10)8-9-12(13,14)15/h16H,3-9H2,1-2H3. The van der Waals surface area contributed by atoms with Gasteiger partial charge >= 0.3 is 6.18 Å². The van der Waals surface area contributed by atoms with Crippen LogP contribution < -0.4 is 0 Å². The predicted octanol–water partition coefficient (Wildman–Crippen LogP) is 4.05. The molecule has 0 aliphatic heterocycles. The van der Waals surface area contributed by atoms with Gasteiger partial charge in [0.25, 0.3) is 0 Å². The monoisotopic (exact) mass is 238 g/mol. The Morgan fingerprint density at radius 2 is 1.69 bits per heavy atom. The first-order valence-corrected chi connectivity index (χ1v) is 5.91. The lowest BCUT2D eigenvalue weighted by Gasteiger charge is -2.28. The largest absolute Gasteiger partial charge is 0.390 e. The number of aliphatic hydroxyl groups is 1. The highest BCUT2D eigenvalue weighted by Gasteiger charge is 2.37. The lowest BCUT2D eigenvalue weighted by Crippen LogP contribution is -2.30. The molecule has 1 rings (SSSR count). The second-order valence-electron chi connectivity index (χ2n) is 5.86. The molecule has 1 fully saturated rings.